The molecule has 2 aromatic rings. The lowest BCUT2D eigenvalue weighted by Gasteiger charge is -2.11. The SMILES string of the molecule is CCCOc1ccc(Oc2ccc(C(C)NC)cn2)cc1. The first-order valence-electron chi connectivity index (χ1n) is 7.27. The van der Waals surface area contributed by atoms with Crippen LogP contribution in [0.1, 0.15) is 31.9 Å². The molecule has 0 radical (unpaired) electrons. The molecule has 0 saturated carbocycles. The van der Waals surface area contributed by atoms with Crippen molar-refractivity contribution < 1.29 is 9.47 Å². The molecular formula is C17H22N2O2. The van der Waals surface area contributed by atoms with Crippen molar-refractivity contribution in [2.45, 2.75) is 26.3 Å². The summed E-state index contributed by atoms with van der Waals surface area (Å²) in [7, 11) is 1.93. The summed E-state index contributed by atoms with van der Waals surface area (Å²) in [6.45, 7) is 4.90. The quantitative estimate of drug-likeness (QED) is 0.837. The van der Waals surface area contributed by atoms with Gasteiger partial charge in [0.05, 0.1) is 6.61 Å². The molecule has 0 spiro atoms. The number of ether oxygens (including phenoxy) is 2. The van der Waals surface area contributed by atoms with Gasteiger partial charge in [0.15, 0.2) is 0 Å². The summed E-state index contributed by atoms with van der Waals surface area (Å²) in [5.74, 6) is 2.19. The highest BCUT2D eigenvalue weighted by Gasteiger charge is 2.04. The lowest BCUT2D eigenvalue weighted by molar-refractivity contribution is 0.317. The van der Waals surface area contributed by atoms with E-state index in [4.69, 9.17) is 9.47 Å². The molecule has 0 aliphatic heterocycles. The van der Waals surface area contributed by atoms with E-state index in [1.807, 2.05) is 49.6 Å². The Morgan fingerprint density at radius 1 is 1.10 bits per heavy atom. The number of hydrogen-bond acceptors (Lipinski definition) is 4. The molecule has 1 aromatic carbocycles. The molecule has 2 rings (SSSR count). The van der Waals surface area contributed by atoms with Gasteiger partial charge in [-0.15, -0.1) is 0 Å². The fraction of sp³-hybridized carbons (Fsp3) is 0.353. The average Bonchev–Trinajstić information content (AvgIpc) is 2.54. The lowest BCUT2D eigenvalue weighted by Crippen LogP contribution is -2.12. The molecule has 0 fully saturated rings. The predicted molar refractivity (Wildman–Crippen MR) is 84.0 cm³/mol. The van der Waals surface area contributed by atoms with E-state index in [0.29, 0.717) is 5.88 Å². The van der Waals surface area contributed by atoms with E-state index in [2.05, 4.69) is 24.1 Å². The summed E-state index contributed by atoms with van der Waals surface area (Å²) in [4.78, 5) is 4.32. The number of nitrogens with zero attached hydrogens (tertiary/aromatic N) is 1. The summed E-state index contributed by atoms with van der Waals surface area (Å²) < 4.78 is 11.3. The van der Waals surface area contributed by atoms with Crippen molar-refractivity contribution in [1.29, 1.82) is 0 Å². The second-order valence-corrected chi connectivity index (χ2v) is 4.86. The highest BCUT2D eigenvalue weighted by molar-refractivity contribution is 5.34. The Labute approximate surface area is 126 Å². The standard InChI is InChI=1S/C17H22N2O2/c1-4-11-20-15-6-8-16(9-7-15)21-17-10-5-14(12-19-17)13(2)18-3/h5-10,12-13,18H,4,11H2,1-3H3. The third-order valence-corrected chi connectivity index (χ3v) is 3.21. The van der Waals surface area contributed by atoms with Crippen LogP contribution in [-0.4, -0.2) is 18.6 Å². The number of pyridine rings is 1. The van der Waals surface area contributed by atoms with Gasteiger partial charge in [0.2, 0.25) is 5.88 Å². The van der Waals surface area contributed by atoms with Gasteiger partial charge < -0.3 is 14.8 Å². The van der Waals surface area contributed by atoms with E-state index in [0.717, 1.165) is 30.1 Å². The van der Waals surface area contributed by atoms with Crippen molar-refractivity contribution >= 4 is 0 Å². The van der Waals surface area contributed by atoms with Gasteiger partial charge in [-0.2, -0.15) is 0 Å². The maximum Gasteiger partial charge on any atom is 0.219 e. The lowest BCUT2D eigenvalue weighted by atomic mass is 10.1. The molecule has 0 amide bonds. The third-order valence-electron chi connectivity index (χ3n) is 3.21. The summed E-state index contributed by atoms with van der Waals surface area (Å²) >= 11 is 0. The first-order chi connectivity index (χ1) is 10.2. The summed E-state index contributed by atoms with van der Waals surface area (Å²) in [5.41, 5.74) is 1.13. The number of rotatable bonds is 7. The van der Waals surface area contributed by atoms with Gasteiger partial charge in [-0.1, -0.05) is 13.0 Å². The minimum absolute atomic E-state index is 0.279. The number of nitrogens with one attached hydrogen (secondary N) is 1. The smallest absolute Gasteiger partial charge is 0.219 e. The Morgan fingerprint density at radius 2 is 1.81 bits per heavy atom. The van der Waals surface area contributed by atoms with E-state index < -0.39 is 0 Å². The Kier molecular flexibility index (Phi) is 5.58. The van der Waals surface area contributed by atoms with Gasteiger partial charge in [-0.25, -0.2) is 4.98 Å². The molecule has 0 aliphatic carbocycles. The molecule has 4 nitrogen and oxygen atoms in total. The molecule has 1 atom stereocenters. The molecule has 0 bridgehead atoms. The van der Waals surface area contributed by atoms with Gasteiger partial charge in [-0.3, -0.25) is 0 Å². The topological polar surface area (TPSA) is 43.4 Å². The van der Waals surface area contributed by atoms with Crippen LogP contribution in [-0.2, 0) is 0 Å². The van der Waals surface area contributed by atoms with Crippen LogP contribution in [0.15, 0.2) is 42.6 Å². The zero-order chi connectivity index (χ0) is 15.1. The van der Waals surface area contributed by atoms with Crippen LogP contribution >= 0.6 is 0 Å². The largest absolute Gasteiger partial charge is 0.494 e. The Balaban J connectivity index is 1.97. The molecule has 1 aromatic heterocycles. The molecule has 4 heteroatoms. The van der Waals surface area contributed by atoms with Gasteiger partial charge >= 0.3 is 0 Å². The van der Waals surface area contributed by atoms with Crippen LogP contribution in [0.5, 0.6) is 17.4 Å². The van der Waals surface area contributed by atoms with E-state index in [9.17, 15) is 0 Å². The first kappa shape index (κ1) is 15.3. The summed E-state index contributed by atoms with van der Waals surface area (Å²) in [6.07, 6.45) is 2.83. The van der Waals surface area contributed by atoms with Crippen LogP contribution in [0, 0.1) is 0 Å². The highest BCUT2D eigenvalue weighted by Crippen LogP contribution is 2.23. The van der Waals surface area contributed by atoms with Gasteiger partial charge in [-0.05, 0) is 50.2 Å². The van der Waals surface area contributed by atoms with Crippen LogP contribution in [0.3, 0.4) is 0 Å². The maximum atomic E-state index is 5.72. The van der Waals surface area contributed by atoms with E-state index >= 15 is 0 Å². The minimum Gasteiger partial charge on any atom is -0.494 e. The Hall–Kier alpha value is -2.07. The molecule has 112 valence electrons. The zero-order valence-electron chi connectivity index (χ0n) is 12.8. The average molecular weight is 286 g/mol. The zero-order valence-corrected chi connectivity index (χ0v) is 12.8. The van der Waals surface area contributed by atoms with E-state index in [1.165, 1.54) is 0 Å². The van der Waals surface area contributed by atoms with Crippen molar-refractivity contribution in [3.63, 3.8) is 0 Å². The van der Waals surface area contributed by atoms with Crippen molar-refractivity contribution in [3.8, 4) is 17.4 Å². The van der Waals surface area contributed by atoms with Gasteiger partial charge in [0.25, 0.3) is 0 Å². The van der Waals surface area contributed by atoms with Gasteiger partial charge in [0.1, 0.15) is 11.5 Å². The molecule has 1 N–H and O–H groups in total. The second-order valence-electron chi connectivity index (χ2n) is 4.86. The highest BCUT2D eigenvalue weighted by atomic mass is 16.5. The number of hydrogen-bond donors (Lipinski definition) is 1. The van der Waals surface area contributed by atoms with Crippen molar-refractivity contribution in [2.24, 2.45) is 0 Å². The molecule has 0 aliphatic rings. The fourth-order valence-corrected chi connectivity index (χ4v) is 1.82. The molecule has 21 heavy (non-hydrogen) atoms. The molecular weight excluding hydrogens is 264 g/mol. The third kappa shape index (κ3) is 4.46. The monoisotopic (exact) mass is 286 g/mol. The summed E-state index contributed by atoms with van der Waals surface area (Å²) in [6, 6.07) is 11.8. The predicted octanol–water partition coefficient (Wildman–Crippen LogP) is 3.94. The molecule has 1 unspecified atom stereocenters. The van der Waals surface area contributed by atoms with Crippen molar-refractivity contribution in [3.05, 3.63) is 48.2 Å². The Bertz CT molecular complexity index is 538. The fourth-order valence-electron chi connectivity index (χ4n) is 1.82. The summed E-state index contributed by atoms with van der Waals surface area (Å²) in [5, 5.41) is 3.18. The van der Waals surface area contributed by atoms with Crippen molar-refractivity contribution in [1.82, 2.24) is 10.3 Å². The normalized spacial score (nSPS) is 12.0. The van der Waals surface area contributed by atoms with Crippen LogP contribution < -0.4 is 14.8 Å². The maximum absolute atomic E-state index is 5.72. The second kappa shape index (κ2) is 7.64. The number of benzene rings is 1. The van der Waals surface area contributed by atoms with Crippen LogP contribution in [0.2, 0.25) is 0 Å². The van der Waals surface area contributed by atoms with Gasteiger partial charge in [0, 0.05) is 18.3 Å². The molecule has 1 heterocycles. The van der Waals surface area contributed by atoms with E-state index in [1.54, 1.807) is 0 Å². The first-order valence-corrected chi connectivity index (χ1v) is 7.27. The number of aromatic nitrogens is 1. The van der Waals surface area contributed by atoms with Crippen molar-refractivity contribution in [2.75, 3.05) is 13.7 Å². The van der Waals surface area contributed by atoms with Crippen LogP contribution in [0.4, 0.5) is 0 Å². The van der Waals surface area contributed by atoms with Crippen LogP contribution in [0.25, 0.3) is 0 Å². The molecule has 0 saturated heterocycles. The minimum atomic E-state index is 0.279. The van der Waals surface area contributed by atoms with E-state index in [-0.39, 0.29) is 6.04 Å². The Morgan fingerprint density at radius 3 is 2.38 bits per heavy atom.